The topological polar surface area (TPSA) is 66.5 Å². The van der Waals surface area contributed by atoms with Gasteiger partial charge in [0.15, 0.2) is 0 Å². The van der Waals surface area contributed by atoms with Crippen LogP contribution in [0.4, 0.5) is 11.4 Å². The third-order valence-corrected chi connectivity index (χ3v) is 7.57. The summed E-state index contributed by atoms with van der Waals surface area (Å²) in [4.78, 5) is 13.7. The number of hydrogen-bond donors (Lipinski definition) is 1. The van der Waals surface area contributed by atoms with Crippen molar-refractivity contribution in [3.8, 4) is 0 Å². The average molecular weight is 495 g/mol. The minimum Gasteiger partial charge on any atom is -0.322 e. The number of thioether (sulfide) groups is 1. The standard InChI is InChI=1S/C22H20Cl2N2O3S2/c1-3-26(31(28,29)21-10-8-20(30-2)9-11-21)19-6-4-15(5-7-19)22(27)25-18-13-16(23)12-17(24)14-18/h4-14H,3H2,1-2H3,(H,25,27). The molecule has 0 aliphatic heterocycles. The van der Waals surface area contributed by atoms with E-state index in [0.717, 1.165) is 4.90 Å². The van der Waals surface area contributed by atoms with Gasteiger partial charge in [0.05, 0.1) is 10.6 Å². The van der Waals surface area contributed by atoms with Crippen LogP contribution in [0.15, 0.2) is 76.5 Å². The lowest BCUT2D eigenvalue weighted by Crippen LogP contribution is -2.30. The predicted molar refractivity (Wildman–Crippen MR) is 129 cm³/mol. The first-order valence-electron chi connectivity index (χ1n) is 9.29. The molecule has 0 aliphatic carbocycles. The van der Waals surface area contributed by atoms with Crippen LogP contribution < -0.4 is 9.62 Å². The van der Waals surface area contributed by atoms with Crippen molar-refractivity contribution in [3.63, 3.8) is 0 Å². The molecule has 0 radical (unpaired) electrons. The van der Waals surface area contributed by atoms with Gasteiger partial charge in [-0.25, -0.2) is 8.42 Å². The van der Waals surface area contributed by atoms with Crippen molar-refractivity contribution in [2.45, 2.75) is 16.7 Å². The number of hydrogen-bond acceptors (Lipinski definition) is 4. The summed E-state index contributed by atoms with van der Waals surface area (Å²) in [6.07, 6.45) is 1.93. The number of carbonyl (C=O) groups excluding carboxylic acids is 1. The van der Waals surface area contributed by atoms with E-state index in [1.807, 2.05) is 6.26 Å². The zero-order valence-electron chi connectivity index (χ0n) is 16.8. The molecule has 0 fully saturated rings. The lowest BCUT2D eigenvalue weighted by molar-refractivity contribution is 0.102. The molecule has 31 heavy (non-hydrogen) atoms. The highest BCUT2D eigenvalue weighted by Gasteiger charge is 2.23. The van der Waals surface area contributed by atoms with Gasteiger partial charge >= 0.3 is 0 Å². The lowest BCUT2D eigenvalue weighted by atomic mass is 10.2. The van der Waals surface area contributed by atoms with E-state index in [-0.39, 0.29) is 17.3 Å². The summed E-state index contributed by atoms with van der Waals surface area (Å²) in [5, 5.41) is 3.55. The van der Waals surface area contributed by atoms with Crippen LogP contribution >= 0.6 is 35.0 Å². The van der Waals surface area contributed by atoms with Crippen molar-refractivity contribution in [2.24, 2.45) is 0 Å². The zero-order chi connectivity index (χ0) is 22.6. The number of rotatable bonds is 7. The molecule has 5 nitrogen and oxygen atoms in total. The van der Waals surface area contributed by atoms with Crippen LogP contribution in [-0.4, -0.2) is 27.1 Å². The quantitative estimate of drug-likeness (QED) is 0.398. The lowest BCUT2D eigenvalue weighted by Gasteiger charge is -2.23. The Morgan fingerprint density at radius 1 is 0.968 bits per heavy atom. The van der Waals surface area contributed by atoms with Gasteiger partial charge in [-0.3, -0.25) is 9.10 Å². The Morgan fingerprint density at radius 2 is 1.55 bits per heavy atom. The monoisotopic (exact) mass is 494 g/mol. The van der Waals surface area contributed by atoms with Crippen molar-refractivity contribution in [2.75, 3.05) is 22.4 Å². The molecule has 0 heterocycles. The maximum atomic E-state index is 13.1. The van der Waals surface area contributed by atoms with E-state index < -0.39 is 10.0 Å². The minimum absolute atomic E-state index is 0.215. The van der Waals surface area contributed by atoms with Crippen LogP contribution in [0.2, 0.25) is 10.0 Å². The molecule has 0 bridgehead atoms. The Kier molecular flexibility index (Phi) is 7.54. The fourth-order valence-electron chi connectivity index (χ4n) is 2.97. The molecule has 1 N–H and O–H groups in total. The van der Waals surface area contributed by atoms with Crippen LogP contribution in [0.25, 0.3) is 0 Å². The maximum Gasteiger partial charge on any atom is 0.264 e. The third kappa shape index (κ3) is 5.54. The number of nitrogens with zero attached hydrogens (tertiary/aromatic N) is 1. The van der Waals surface area contributed by atoms with Crippen LogP contribution in [0.3, 0.4) is 0 Å². The molecule has 162 valence electrons. The highest BCUT2D eigenvalue weighted by Crippen LogP contribution is 2.26. The van der Waals surface area contributed by atoms with Crippen LogP contribution in [0.1, 0.15) is 17.3 Å². The molecule has 1 amide bonds. The highest BCUT2D eigenvalue weighted by atomic mass is 35.5. The Morgan fingerprint density at radius 3 is 2.06 bits per heavy atom. The van der Waals surface area contributed by atoms with E-state index in [4.69, 9.17) is 23.2 Å². The highest BCUT2D eigenvalue weighted by molar-refractivity contribution is 7.98. The first-order valence-corrected chi connectivity index (χ1v) is 12.7. The largest absolute Gasteiger partial charge is 0.322 e. The molecular weight excluding hydrogens is 475 g/mol. The summed E-state index contributed by atoms with van der Waals surface area (Å²) >= 11 is 13.5. The van der Waals surface area contributed by atoms with Crippen molar-refractivity contribution in [1.82, 2.24) is 0 Å². The molecule has 0 saturated heterocycles. The van der Waals surface area contributed by atoms with E-state index in [1.54, 1.807) is 85.4 Å². The normalized spacial score (nSPS) is 11.2. The predicted octanol–water partition coefficient (Wildman–Crippen LogP) is 6.18. The first-order chi connectivity index (χ1) is 14.7. The van der Waals surface area contributed by atoms with Crippen molar-refractivity contribution in [3.05, 3.63) is 82.3 Å². The van der Waals surface area contributed by atoms with Crippen LogP contribution in [0, 0.1) is 0 Å². The number of benzene rings is 3. The van der Waals surface area contributed by atoms with Crippen molar-refractivity contribution in [1.29, 1.82) is 0 Å². The number of sulfonamides is 1. The van der Waals surface area contributed by atoms with Gasteiger partial charge < -0.3 is 5.32 Å². The summed E-state index contributed by atoms with van der Waals surface area (Å²) in [6, 6.07) is 17.9. The molecule has 0 atom stereocenters. The van der Waals surface area contributed by atoms with E-state index in [2.05, 4.69) is 5.32 Å². The molecule has 0 unspecified atom stereocenters. The summed E-state index contributed by atoms with van der Waals surface area (Å²) in [7, 11) is -3.73. The fourth-order valence-corrected chi connectivity index (χ4v) is 5.38. The maximum absolute atomic E-state index is 13.1. The van der Waals surface area contributed by atoms with E-state index in [1.165, 1.54) is 4.31 Å². The molecule has 0 saturated carbocycles. The number of anilines is 2. The number of amides is 1. The third-order valence-electron chi connectivity index (χ3n) is 4.47. The summed E-state index contributed by atoms with van der Waals surface area (Å²) in [5.74, 6) is -0.358. The second-order valence-corrected chi connectivity index (χ2v) is 10.1. The Labute approximate surface area is 196 Å². The van der Waals surface area contributed by atoms with Gasteiger partial charge in [-0.1, -0.05) is 23.2 Å². The molecule has 0 aliphatic rings. The average Bonchev–Trinajstić information content (AvgIpc) is 2.74. The summed E-state index contributed by atoms with van der Waals surface area (Å²) in [5.41, 5.74) is 1.31. The number of halogens is 2. The second kappa shape index (κ2) is 9.96. The Balaban J connectivity index is 1.81. The van der Waals surface area contributed by atoms with Gasteiger partial charge in [-0.2, -0.15) is 0 Å². The zero-order valence-corrected chi connectivity index (χ0v) is 19.9. The smallest absolute Gasteiger partial charge is 0.264 e. The van der Waals surface area contributed by atoms with Gasteiger partial charge in [0, 0.05) is 32.7 Å². The fraction of sp³-hybridized carbons (Fsp3) is 0.136. The van der Waals surface area contributed by atoms with Crippen molar-refractivity contribution >= 4 is 62.3 Å². The van der Waals surface area contributed by atoms with Crippen molar-refractivity contribution < 1.29 is 13.2 Å². The molecule has 9 heteroatoms. The van der Waals surface area contributed by atoms with Gasteiger partial charge in [0.2, 0.25) is 0 Å². The van der Waals surface area contributed by atoms with E-state index >= 15 is 0 Å². The Bertz CT molecular complexity index is 1160. The summed E-state index contributed by atoms with van der Waals surface area (Å²) in [6.45, 7) is 2.01. The molecule has 3 rings (SSSR count). The Hall–Kier alpha value is -2.19. The number of carbonyl (C=O) groups is 1. The van der Waals surface area contributed by atoms with Gasteiger partial charge in [0.25, 0.3) is 15.9 Å². The number of nitrogens with one attached hydrogen (secondary N) is 1. The minimum atomic E-state index is -3.73. The molecule has 3 aromatic carbocycles. The van der Waals surface area contributed by atoms with E-state index in [0.29, 0.717) is 27.0 Å². The van der Waals surface area contributed by atoms with Gasteiger partial charge in [-0.15, -0.1) is 11.8 Å². The molecular formula is C22H20Cl2N2O3S2. The molecule has 0 spiro atoms. The van der Waals surface area contributed by atoms with E-state index in [9.17, 15) is 13.2 Å². The molecule has 0 aromatic heterocycles. The van der Waals surface area contributed by atoms with Crippen LogP contribution in [-0.2, 0) is 10.0 Å². The second-order valence-electron chi connectivity index (χ2n) is 6.50. The SMILES string of the molecule is CCN(c1ccc(C(=O)Nc2cc(Cl)cc(Cl)c2)cc1)S(=O)(=O)c1ccc(SC)cc1. The molecule has 3 aromatic rings. The van der Waals surface area contributed by atoms with Gasteiger partial charge in [0.1, 0.15) is 0 Å². The van der Waals surface area contributed by atoms with Crippen LogP contribution in [0.5, 0.6) is 0 Å². The first kappa shape index (κ1) is 23.5. The summed E-state index contributed by atoms with van der Waals surface area (Å²) < 4.78 is 27.5. The van der Waals surface area contributed by atoms with Gasteiger partial charge in [-0.05, 0) is 79.9 Å².